The Kier molecular flexibility index (Phi) is 3.07. The monoisotopic (exact) mass is 322 g/mol. The number of benzene rings is 1. The second kappa shape index (κ2) is 5.53. The maximum absolute atomic E-state index is 4.46. The molecule has 0 atom stereocenters. The third-order valence-corrected chi connectivity index (χ3v) is 4.44. The third-order valence-electron chi connectivity index (χ3n) is 4.44. The highest BCUT2D eigenvalue weighted by molar-refractivity contribution is 6.08. The molecule has 0 amide bonds. The number of nitrogens with zero attached hydrogens (tertiary/aromatic N) is 4. The van der Waals surface area contributed by atoms with E-state index in [1.54, 1.807) is 0 Å². The predicted octanol–water partition coefficient (Wildman–Crippen LogP) is 4.64. The maximum Gasteiger partial charge on any atom is 0.0725 e. The molecule has 0 aliphatic heterocycles. The van der Waals surface area contributed by atoms with Crippen molar-refractivity contribution in [3.05, 3.63) is 85.6 Å². The van der Waals surface area contributed by atoms with Crippen LogP contribution in [0.4, 0.5) is 0 Å². The Morgan fingerprint density at radius 1 is 0.680 bits per heavy atom. The van der Waals surface area contributed by atoms with Crippen molar-refractivity contribution >= 4 is 21.8 Å². The van der Waals surface area contributed by atoms with E-state index in [0.29, 0.717) is 0 Å². The molecular formula is C21H14N4. The molecule has 4 nitrogen and oxygen atoms in total. The summed E-state index contributed by atoms with van der Waals surface area (Å²) in [5, 5.41) is 2.35. The molecule has 0 aliphatic rings. The molecule has 5 rings (SSSR count). The lowest BCUT2D eigenvalue weighted by Gasteiger charge is -2.09. The van der Waals surface area contributed by atoms with Crippen molar-refractivity contribution in [3.8, 4) is 16.9 Å². The molecule has 118 valence electrons. The summed E-state index contributed by atoms with van der Waals surface area (Å²) in [4.78, 5) is 13.1. The third kappa shape index (κ3) is 2.19. The van der Waals surface area contributed by atoms with Gasteiger partial charge in [-0.1, -0.05) is 18.2 Å². The molecule has 1 aromatic carbocycles. The SMILES string of the molecule is c1ccc(-c2cccc(-n3c4cnccc4c4ccncc43)c2)nc1. The molecule has 0 N–H and O–H groups in total. The van der Waals surface area contributed by atoms with Crippen LogP contribution in [0.15, 0.2) is 85.6 Å². The van der Waals surface area contributed by atoms with Crippen LogP contribution in [0.2, 0.25) is 0 Å². The molecule has 0 aliphatic carbocycles. The summed E-state index contributed by atoms with van der Waals surface area (Å²) in [6.07, 6.45) is 9.29. The molecule has 4 heterocycles. The van der Waals surface area contributed by atoms with Gasteiger partial charge in [0.25, 0.3) is 0 Å². The summed E-state index contributed by atoms with van der Waals surface area (Å²) in [6.45, 7) is 0. The summed E-state index contributed by atoms with van der Waals surface area (Å²) in [5.74, 6) is 0. The van der Waals surface area contributed by atoms with E-state index in [-0.39, 0.29) is 0 Å². The summed E-state index contributed by atoms with van der Waals surface area (Å²) < 4.78 is 2.21. The van der Waals surface area contributed by atoms with Crippen LogP contribution in [-0.4, -0.2) is 19.5 Å². The Balaban J connectivity index is 1.81. The Labute approximate surface area is 144 Å². The second-order valence-electron chi connectivity index (χ2n) is 5.89. The van der Waals surface area contributed by atoms with Gasteiger partial charge >= 0.3 is 0 Å². The van der Waals surface area contributed by atoms with Gasteiger partial charge in [0.2, 0.25) is 0 Å². The first-order valence-electron chi connectivity index (χ1n) is 8.12. The molecule has 5 aromatic rings. The highest BCUT2D eigenvalue weighted by Gasteiger charge is 2.12. The number of hydrogen-bond acceptors (Lipinski definition) is 3. The van der Waals surface area contributed by atoms with Gasteiger partial charge in [-0.05, 0) is 36.4 Å². The Morgan fingerprint density at radius 3 is 2.12 bits per heavy atom. The Bertz CT molecular complexity index is 1140. The lowest BCUT2D eigenvalue weighted by Crippen LogP contribution is -1.95. The van der Waals surface area contributed by atoms with Crippen LogP contribution in [0.3, 0.4) is 0 Å². The number of fused-ring (bicyclic) bond motifs is 3. The van der Waals surface area contributed by atoms with Gasteiger partial charge in [0.15, 0.2) is 0 Å². The molecule has 0 saturated carbocycles. The zero-order chi connectivity index (χ0) is 16.6. The van der Waals surface area contributed by atoms with E-state index in [9.17, 15) is 0 Å². The zero-order valence-corrected chi connectivity index (χ0v) is 13.4. The van der Waals surface area contributed by atoms with Crippen molar-refractivity contribution in [3.63, 3.8) is 0 Å². The maximum atomic E-state index is 4.46. The van der Waals surface area contributed by atoms with Gasteiger partial charge in [0.05, 0.1) is 29.1 Å². The average molecular weight is 322 g/mol. The summed E-state index contributed by atoms with van der Waals surface area (Å²) in [5.41, 5.74) is 5.26. The lowest BCUT2D eigenvalue weighted by molar-refractivity contribution is 1.15. The van der Waals surface area contributed by atoms with Crippen molar-refractivity contribution in [1.82, 2.24) is 19.5 Å². The lowest BCUT2D eigenvalue weighted by atomic mass is 10.1. The molecule has 4 aromatic heterocycles. The van der Waals surface area contributed by atoms with Gasteiger partial charge in [-0.15, -0.1) is 0 Å². The number of aromatic nitrogens is 4. The van der Waals surface area contributed by atoms with Crippen LogP contribution in [0.1, 0.15) is 0 Å². The van der Waals surface area contributed by atoms with Crippen LogP contribution in [0.25, 0.3) is 38.8 Å². The molecule has 0 fully saturated rings. The fraction of sp³-hybridized carbons (Fsp3) is 0. The van der Waals surface area contributed by atoms with Crippen LogP contribution in [0, 0.1) is 0 Å². The van der Waals surface area contributed by atoms with E-state index in [0.717, 1.165) is 28.0 Å². The summed E-state index contributed by atoms with van der Waals surface area (Å²) >= 11 is 0. The van der Waals surface area contributed by atoms with E-state index >= 15 is 0 Å². The smallest absolute Gasteiger partial charge is 0.0725 e. The molecule has 0 radical (unpaired) electrons. The van der Waals surface area contributed by atoms with Gasteiger partial charge in [-0.3, -0.25) is 15.0 Å². The minimum absolute atomic E-state index is 0.960. The van der Waals surface area contributed by atoms with Crippen LogP contribution in [-0.2, 0) is 0 Å². The fourth-order valence-corrected chi connectivity index (χ4v) is 3.33. The first kappa shape index (κ1) is 13.9. The number of pyridine rings is 3. The van der Waals surface area contributed by atoms with Crippen molar-refractivity contribution in [2.75, 3.05) is 0 Å². The standard InChI is InChI=1S/C21H14N4/c1-2-9-24-19(6-1)15-4-3-5-16(12-15)25-20-13-22-10-7-17(20)18-8-11-23-14-21(18)25/h1-14H. The molecule has 25 heavy (non-hydrogen) atoms. The largest absolute Gasteiger partial charge is 0.306 e. The summed E-state index contributed by atoms with van der Waals surface area (Å²) in [6, 6.07) is 18.5. The fourth-order valence-electron chi connectivity index (χ4n) is 3.33. The minimum atomic E-state index is 0.960. The minimum Gasteiger partial charge on any atom is -0.306 e. The molecule has 0 unspecified atom stereocenters. The van der Waals surface area contributed by atoms with Crippen molar-refractivity contribution in [1.29, 1.82) is 0 Å². The molecule has 0 saturated heterocycles. The first-order chi connectivity index (χ1) is 12.4. The van der Waals surface area contributed by atoms with Gasteiger partial charge in [-0.2, -0.15) is 0 Å². The van der Waals surface area contributed by atoms with Crippen LogP contribution < -0.4 is 0 Å². The zero-order valence-electron chi connectivity index (χ0n) is 13.4. The van der Waals surface area contributed by atoms with Gasteiger partial charge in [-0.25, -0.2) is 0 Å². The normalized spacial score (nSPS) is 11.2. The van der Waals surface area contributed by atoms with E-state index in [4.69, 9.17) is 0 Å². The Hall–Kier alpha value is -3.53. The number of hydrogen-bond donors (Lipinski definition) is 0. The van der Waals surface area contributed by atoms with E-state index in [1.807, 2.05) is 49.2 Å². The van der Waals surface area contributed by atoms with Crippen molar-refractivity contribution < 1.29 is 0 Å². The van der Waals surface area contributed by atoms with Crippen LogP contribution >= 0.6 is 0 Å². The highest BCUT2D eigenvalue weighted by Crippen LogP contribution is 2.31. The number of rotatable bonds is 2. The summed E-state index contributed by atoms with van der Waals surface area (Å²) in [7, 11) is 0. The predicted molar refractivity (Wildman–Crippen MR) is 99.6 cm³/mol. The highest BCUT2D eigenvalue weighted by atomic mass is 15.0. The van der Waals surface area contributed by atoms with E-state index < -0.39 is 0 Å². The molecule has 4 heteroatoms. The van der Waals surface area contributed by atoms with Gasteiger partial charge < -0.3 is 4.57 Å². The van der Waals surface area contributed by atoms with E-state index in [1.165, 1.54) is 10.8 Å². The molecule has 0 bridgehead atoms. The average Bonchev–Trinajstić information content (AvgIpc) is 3.03. The van der Waals surface area contributed by atoms with Gasteiger partial charge in [0, 0.05) is 40.6 Å². The second-order valence-corrected chi connectivity index (χ2v) is 5.89. The van der Waals surface area contributed by atoms with E-state index in [2.05, 4.69) is 55.9 Å². The van der Waals surface area contributed by atoms with Crippen molar-refractivity contribution in [2.24, 2.45) is 0 Å². The Morgan fingerprint density at radius 2 is 1.44 bits per heavy atom. The molecule has 0 spiro atoms. The molecular weight excluding hydrogens is 308 g/mol. The first-order valence-corrected chi connectivity index (χ1v) is 8.12. The van der Waals surface area contributed by atoms with Crippen molar-refractivity contribution in [2.45, 2.75) is 0 Å². The van der Waals surface area contributed by atoms with Crippen LogP contribution in [0.5, 0.6) is 0 Å². The topological polar surface area (TPSA) is 43.6 Å². The quantitative estimate of drug-likeness (QED) is 0.476. The van der Waals surface area contributed by atoms with Gasteiger partial charge in [0.1, 0.15) is 0 Å².